The molecule has 8 nitrogen and oxygen atoms in total. The van der Waals surface area contributed by atoms with Crippen molar-refractivity contribution < 1.29 is 9.59 Å². The van der Waals surface area contributed by atoms with Crippen LogP contribution >= 0.6 is 0 Å². The van der Waals surface area contributed by atoms with Gasteiger partial charge in [-0.15, -0.1) is 0 Å². The Morgan fingerprint density at radius 3 is 2.65 bits per heavy atom. The van der Waals surface area contributed by atoms with Crippen LogP contribution < -0.4 is 11.1 Å². The fourth-order valence-corrected chi connectivity index (χ4v) is 1.12. The Balaban J connectivity index is 2.12. The third-order valence-electron chi connectivity index (χ3n) is 1.93. The van der Waals surface area contributed by atoms with Gasteiger partial charge in [-0.25, -0.2) is 5.10 Å². The molecule has 2 aromatic rings. The normalized spacial score (nSPS) is 9.88. The number of anilines is 1. The molecule has 17 heavy (non-hydrogen) atoms. The van der Waals surface area contributed by atoms with Gasteiger partial charge in [-0.05, 0) is 12.1 Å². The van der Waals surface area contributed by atoms with Gasteiger partial charge in [0.1, 0.15) is 12.0 Å². The first-order valence-corrected chi connectivity index (χ1v) is 4.59. The van der Waals surface area contributed by atoms with Crippen LogP contribution in [0.2, 0.25) is 0 Å². The van der Waals surface area contributed by atoms with Crippen LogP contribution in [0.4, 0.5) is 5.95 Å². The number of primary amides is 1. The zero-order valence-electron chi connectivity index (χ0n) is 8.54. The van der Waals surface area contributed by atoms with E-state index in [1.165, 1.54) is 24.7 Å². The third-order valence-corrected chi connectivity index (χ3v) is 1.93. The maximum atomic E-state index is 11.6. The summed E-state index contributed by atoms with van der Waals surface area (Å²) in [6.45, 7) is 0. The summed E-state index contributed by atoms with van der Waals surface area (Å²) in [6, 6.07) is 2.82. The number of carbonyl (C=O) groups excluding carboxylic acids is 2. The average Bonchev–Trinajstić information content (AvgIpc) is 2.82. The van der Waals surface area contributed by atoms with E-state index < -0.39 is 11.8 Å². The Labute approximate surface area is 95.3 Å². The molecule has 0 aliphatic rings. The molecule has 2 heterocycles. The SMILES string of the molecule is NC(=O)c1ccc(C(=O)Nc2ncn[nH]2)cn1. The van der Waals surface area contributed by atoms with E-state index in [1.807, 2.05) is 0 Å². The fraction of sp³-hybridized carbons (Fsp3) is 0. The lowest BCUT2D eigenvalue weighted by Crippen LogP contribution is -2.16. The van der Waals surface area contributed by atoms with Gasteiger partial charge in [-0.2, -0.15) is 10.1 Å². The van der Waals surface area contributed by atoms with Crippen LogP contribution in [0.1, 0.15) is 20.8 Å². The van der Waals surface area contributed by atoms with Crippen molar-refractivity contribution in [2.75, 3.05) is 5.32 Å². The van der Waals surface area contributed by atoms with Gasteiger partial charge in [-0.1, -0.05) is 0 Å². The van der Waals surface area contributed by atoms with E-state index in [4.69, 9.17) is 5.73 Å². The minimum absolute atomic E-state index is 0.0983. The second-order valence-corrected chi connectivity index (χ2v) is 3.08. The molecule has 0 saturated carbocycles. The number of aromatic amines is 1. The number of nitrogens with two attached hydrogens (primary N) is 1. The van der Waals surface area contributed by atoms with Crippen molar-refractivity contribution in [3.8, 4) is 0 Å². The van der Waals surface area contributed by atoms with E-state index in [2.05, 4.69) is 25.5 Å². The summed E-state index contributed by atoms with van der Waals surface area (Å²) >= 11 is 0. The topological polar surface area (TPSA) is 127 Å². The molecule has 0 atom stereocenters. The van der Waals surface area contributed by atoms with Crippen LogP contribution in [-0.2, 0) is 0 Å². The summed E-state index contributed by atoms with van der Waals surface area (Å²) in [5.74, 6) is -0.827. The average molecular weight is 232 g/mol. The molecule has 0 spiro atoms. The molecule has 8 heteroatoms. The summed E-state index contributed by atoms with van der Waals surface area (Å²) in [4.78, 5) is 29.9. The monoisotopic (exact) mass is 232 g/mol. The largest absolute Gasteiger partial charge is 0.364 e. The van der Waals surface area contributed by atoms with Crippen molar-refractivity contribution in [3.63, 3.8) is 0 Å². The van der Waals surface area contributed by atoms with Crippen LogP contribution in [0.15, 0.2) is 24.7 Å². The molecule has 0 saturated heterocycles. The highest BCUT2D eigenvalue weighted by Crippen LogP contribution is 2.03. The molecule has 2 rings (SSSR count). The maximum Gasteiger partial charge on any atom is 0.267 e. The highest BCUT2D eigenvalue weighted by Gasteiger charge is 2.09. The molecule has 86 valence electrons. The lowest BCUT2D eigenvalue weighted by molar-refractivity contribution is 0.0990. The van der Waals surface area contributed by atoms with E-state index >= 15 is 0 Å². The summed E-state index contributed by atoms with van der Waals surface area (Å²) in [7, 11) is 0. The minimum atomic E-state index is -0.646. The standard InChI is InChI=1S/C9H8N6O2/c10-7(16)6-2-1-5(3-11-6)8(17)14-9-12-4-13-15-9/h1-4H,(H2,10,16)(H2,12,13,14,15,17). The number of hydrogen-bond acceptors (Lipinski definition) is 5. The van der Waals surface area contributed by atoms with E-state index in [9.17, 15) is 9.59 Å². The van der Waals surface area contributed by atoms with E-state index in [0.717, 1.165) is 0 Å². The van der Waals surface area contributed by atoms with Gasteiger partial charge in [0.25, 0.3) is 11.8 Å². The molecule has 0 aliphatic carbocycles. The zero-order valence-corrected chi connectivity index (χ0v) is 8.54. The van der Waals surface area contributed by atoms with Crippen LogP contribution in [0.25, 0.3) is 0 Å². The van der Waals surface area contributed by atoms with Crippen LogP contribution in [-0.4, -0.2) is 32.0 Å². The number of nitrogens with zero attached hydrogens (tertiary/aromatic N) is 3. The minimum Gasteiger partial charge on any atom is -0.364 e. The van der Waals surface area contributed by atoms with Crippen molar-refractivity contribution in [3.05, 3.63) is 35.9 Å². The second-order valence-electron chi connectivity index (χ2n) is 3.08. The van der Waals surface area contributed by atoms with Crippen molar-refractivity contribution in [1.29, 1.82) is 0 Å². The highest BCUT2D eigenvalue weighted by atomic mass is 16.2. The smallest absolute Gasteiger partial charge is 0.267 e. The molecular weight excluding hydrogens is 224 g/mol. The first-order chi connectivity index (χ1) is 8.16. The molecule has 0 fully saturated rings. The Morgan fingerprint density at radius 2 is 2.12 bits per heavy atom. The maximum absolute atomic E-state index is 11.6. The number of nitrogens with one attached hydrogen (secondary N) is 2. The molecular formula is C9H8N6O2. The number of rotatable bonds is 3. The Bertz CT molecular complexity index is 533. The van der Waals surface area contributed by atoms with Crippen LogP contribution in [0.3, 0.4) is 0 Å². The summed E-state index contributed by atoms with van der Waals surface area (Å²) in [5, 5.41) is 8.52. The van der Waals surface area contributed by atoms with Gasteiger partial charge < -0.3 is 5.73 Å². The number of H-pyrrole nitrogens is 1. The Morgan fingerprint density at radius 1 is 1.29 bits per heavy atom. The molecule has 0 radical (unpaired) electrons. The fourth-order valence-electron chi connectivity index (χ4n) is 1.12. The predicted molar refractivity (Wildman–Crippen MR) is 57.1 cm³/mol. The quantitative estimate of drug-likeness (QED) is 0.660. The van der Waals surface area contributed by atoms with Gasteiger partial charge in [0.2, 0.25) is 5.95 Å². The van der Waals surface area contributed by atoms with Crippen molar-refractivity contribution in [1.82, 2.24) is 20.2 Å². The molecule has 0 bridgehead atoms. The van der Waals surface area contributed by atoms with Gasteiger partial charge in [-0.3, -0.25) is 19.9 Å². The third kappa shape index (κ3) is 2.43. The lowest BCUT2D eigenvalue weighted by atomic mass is 10.2. The predicted octanol–water partition coefficient (Wildman–Crippen LogP) is -0.449. The van der Waals surface area contributed by atoms with Gasteiger partial charge in [0.05, 0.1) is 5.56 Å². The first-order valence-electron chi connectivity index (χ1n) is 4.59. The van der Waals surface area contributed by atoms with Gasteiger partial charge in [0.15, 0.2) is 0 Å². The van der Waals surface area contributed by atoms with Crippen molar-refractivity contribution >= 4 is 17.8 Å². The Kier molecular flexibility index (Phi) is 2.77. The first kappa shape index (κ1) is 10.7. The summed E-state index contributed by atoms with van der Waals surface area (Å²) in [6.07, 6.45) is 2.52. The molecule has 0 aromatic carbocycles. The van der Waals surface area contributed by atoms with E-state index in [-0.39, 0.29) is 17.2 Å². The van der Waals surface area contributed by atoms with Crippen molar-refractivity contribution in [2.45, 2.75) is 0 Å². The number of hydrogen-bond donors (Lipinski definition) is 3. The molecule has 2 amide bonds. The molecule has 0 unspecified atom stereocenters. The highest BCUT2D eigenvalue weighted by molar-refractivity contribution is 6.03. The molecule has 0 aliphatic heterocycles. The lowest BCUT2D eigenvalue weighted by Gasteiger charge is -2.01. The van der Waals surface area contributed by atoms with Gasteiger partial charge in [0, 0.05) is 6.20 Å². The number of carbonyl (C=O) groups is 2. The molecule has 4 N–H and O–H groups in total. The number of aromatic nitrogens is 4. The molecule has 2 aromatic heterocycles. The van der Waals surface area contributed by atoms with Crippen LogP contribution in [0, 0.1) is 0 Å². The van der Waals surface area contributed by atoms with Crippen LogP contribution in [0.5, 0.6) is 0 Å². The van der Waals surface area contributed by atoms with Gasteiger partial charge >= 0.3 is 0 Å². The van der Waals surface area contributed by atoms with Crippen molar-refractivity contribution in [2.24, 2.45) is 5.73 Å². The summed E-state index contributed by atoms with van der Waals surface area (Å²) in [5.41, 5.74) is 5.41. The van der Waals surface area contributed by atoms with E-state index in [0.29, 0.717) is 0 Å². The second kappa shape index (κ2) is 4.39. The number of pyridine rings is 1. The zero-order chi connectivity index (χ0) is 12.3. The van der Waals surface area contributed by atoms with E-state index in [1.54, 1.807) is 0 Å². The Hall–Kier alpha value is -2.77. The summed E-state index contributed by atoms with van der Waals surface area (Å²) < 4.78 is 0. The number of amides is 2.